The summed E-state index contributed by atoms with van der Waals surface area (Å²) >= 11 is 0. The largest absolute Gasteiger partial charge is 0.509 e. The van der Waals surface area contributed by atoms with Crippen molar-refractivity contribution in [1.82, 2.24) is 14.8 Å². The highest BCUT2D eigenvalue weighted by atomic mass is 19.1. The topological polar surface area (TPSA) is 292 Å². The minimum Gasteiger partial charge on any atom is -0.458 e. The van der Waals surface area contributed by atoms with E-state index in [9.17, 15) is 48.9 Å². The summed E-state index contributed by atoms with van der Waals surface area (Å²) in [6.07, 6.45) is -4.91. The SMILES string of the molecule is C=CCO[C@]1(C)C[C@](C)(F)C(=O)[C@H](C)[C@H]2OC(=O)O[C@]2(C)[C@@H](CC)OC(=O)[C@H](C)C(=O)[C@H](C)[C@H]1O[C@@H]1O[C@H](C)C[C@H](N(C)C)[C@H]1O.CC[C@H]1OC(=O)[C@H](C)C(=O)[C@H](C)[C@@H](O[C@@H]2O[C@H](C)C[C@H](N(C)C)[C@H]2O)[C@](C)(OC/C=C/c2cnc3ccccc3c2)C[C@](C)(F)C(=O)/C(C)=C/[C@]1(C)O. The summed E-state index contributed by atoms with van der Waals surface area (Å²) in [6.45, 7) is 27.3. The van der Waals surface area contributed by atoms with Crippen LogP contribution in [0.25, 0.3) is 17.0 Å². The first-order valence-corrected chi connectivity index (χ1v) is 34.4. The van der Waals surface area contributed by atoms with Gasteiger partial charge in [0, 0.05) is 48.3 Å². The van der Waals surface area contributed by atoms with E-state index >= 15 is 8.78 Å². The first-order valence-electron chi connectivity index (χ1n) is 34.4. The summed E-state index contributed by atoms with van der Waals surface area (Å²) in [5.74, 6) is -11.0. The maximum atomic E-state index is 17.1. The van der Waals surface area contributed by atoms with Crippen molar-refractivity contribution in [3.8, 4) is 0 Å². The lowest BCUT2D eigenvalue weighted by molar-refractivity contribution is -0.297. The number of benzene rings is 1. The number of esters is 2. The molecule has 4 fully saturated rings. The lowest BCUT2D eigenvalue weighted by atomic mass is 9.73. The van der Waals surface area contributed by atoms with Crippen LogP contribution >= 0.6 is 0 Å². The van der Waals surface area contributed by atoms with Crippen LogP contribution in [0, 0.1) is 29.6 Å². The van der Waals surface area contributed by atoms with Gasteiger partial charge in [-0.1, -0.05) is 71.0 Å². The molecule has 6 heterocycles. The number of hydrogen-bond acceptors (Lipinski definition) is 23. The van der Waals surface area contributed by atoms with Crippen LogP contribution in [-0.2, 0) is 76.1 Å². The molecule has 5 aliphatic heterocycles. The second kappa shape index (κ2) is 33.1. The average molecular weight is 1400 g/mol. The highest BCUT2D eigenvalue weighted by molar-refractivity contribution is 6.02. The van der Waals surface area contributed by atoms with Crippen molar-refractivity contribution in [2.45, 2.75) is 263 Å². The van der Waals surface area contributed by atoms with E-state index < -0.39 is 173 Å². The first-order chi connectivity index (χ1) is 45.9. The molecule has 3 N–H and O–H groups in total. The Morgan fingerprint density at radius 2 is 1.15 bits per heavy atom. The fourth-order valence-electron chi connectivity index (χ4n) is 15.0. The standard InChI is InChI=1S/C41H57FN2O9.C33H52FNO11/c1-11-32-40(7,49)21-24(2)35(47)39(6,42)23-41(8,50-18-14-15-28-20-29-16-12-13-17-30(29)43-22-28)36(26(4)33(45)27(5)37(48)52-32)53-38-34(46)31(44(9)10)19-25(3)51-38;1-12-14-41-32(8)16-31(7,34)25(38)20(6)27-33(9,46-30(40)45-27)22(13-2)43-28(39)19(5)23(36)18(4)26(32)44-29-24(37)21(35(10)11)15-17(3)42-29/h12-17,20-22,25-27,31-32,34,36,38,46,49H,11,18-19,23H2,1-10H3;12,17-22,24,26-27,29,37H,1,13-16H2,2-11H3/b15-14+,24-21+;/t25-,26+,27-,31+,32-,34-,36-,38+,39+,40+,41-;17-,18+,19-,20+,21+,22-,24-,26-,27-,29+,31+,32-,33-/m11/s1. The molecule has 1 aromatic carbocycles. The fraction of sp³-hybridized carbons (Fsp3) is 0.703. The van der Waals surface area contributed by atoms with E-state index in [2.05, 4.69) is 11.6 Å². The lowest BCUT2D eigenvalue weighted by Gasteiger charge is -2.47. The maximum absolute atomic E-state index is 17.1. The maximum Gasteiger partial charge on any atom is 0.509 e. The fourth-order valence-corrected chi connectivity index (χ4v) is 15.0. The minimum absolute atomic E-state index is 0.0825. The third-order valence-corrected chi connectivity index (χ3v) is 20.4. The zero-order chi connectivity index (χ0) is 74.4. The molecule has 0 aliphatic carbocycles. The van der Waals surface area contributed by atoms with Gasteiger partial charge in [0.2, 0.25) is 0 Å². The van der Waals surface area contributed by atoms with Gasteiger partial charge in [-0.25, -0.2) is 13.6 Å². The van der Waals surface area contributed by atoms with Crippen molar-refractivity contribution in [2.75, 3.05) is 41.4 Å². The summed E-state index contributed by atoms with van der Waals surface area (Å²) in [6, 6.07) is 8.91. The van der Waals surface area contributed by atoms with E-state index in [1.165, 1.54) is 67.5 Å². The molecule has 0 bridgehead atoms. The van der Waals surface area contributed by atoms with Crippen LogP contribution in [0.15, 0.2) is 66.9 Å². The molecule has 99 heavy (non-hydrogen) atoms. The Hall–Kier alpha value is -5.84. The molecule has 25 heteroatoms. The number of para-hydroxylation sites is 1. The number of cyclic esters (lactones) is 2. The van der Waals surface area contributed by atoms with E-state index in [4.69, 9.17) is 47.4 Å². The number of Topliss-reactive ketones (excluding diaryl/α,β-unsaturated/α-hetero) is 4. The number of rotatable bonds is 15. The van der Waals surface area contributed by atoms with Crippen molar-refractivity contribution in [3.05, 3.63) is 72.5 Å². The third kappa shape index (κ3) is 18.9. The monoisotopic (exact) mass is 1400 g/mol. The second-order valence-corrected chi connectivity index (χ2v) is 29.5. The predicted molar refractivity (Wildman–Crippen MR) is 363 cm³/mol. The van der Waals surface area contributed by atoms with Crippen LogP contribution in [-0.4, -0.2) is 226 Å². The van der Waals surface area contributed by atoms with Crippen LogP contribution in [0.2, 0.25) is 0 Å². The van der Waals surface area contributed by atoms with Gasteiger partial charge in [-0.2, -0.15) is 0 Å². The zero-order valence-electron chi connectivity index (χ0n) is 61.4. The van der Waals surface area contributed by atoms with E-state index in [1.807, 2.05) is 82.2 Å². The Kier molecular flexibility index (Phi) is 27.4. The van der Waals surface area contributed by atoms with Gasteiger partial charge in [-0.3, -0.25) is 33.8 Å². The molecule has 0 amide bonds. The Bertz CT molecular complexity index is 3270. The second-order valence-electron chi connectivity index (χ2n) is 29.5. The van der Waals surface area contributed by atoms with Crippen molar-refractivity contribution < 1.29 is 105 Å². The molecule has 1 aromatic heterocycles. The molecule has 24 atom stereocenters. The quantitative estimate of drug-likeness (QED) is 0.0648. The highest BCUT2D eigenvalue weighted by Crippen LogP contribution is 2.45. The van der Waals surface area contributed by atoms with E-state index in [0.29, 0.717) is 12.8 Å². The lowest BCUT2D eigenvalue weighted by Crippen LogP contribution is -2.61. The first kappa shape index (κ1) is 82.1. The van der Waals surface area contributed by atoms with Crippen LogP contribution in [0.1, 0.15) is 155 Å². The van der Waals surface area contributed by atoms with Gasteiger partial charge in [-0.15, -0.1) is 6.58 Å². The van der Waals surface area contributed by atoms with Crippen molar-refractivity contribution in [3.63, 3.8) is 0 Å². The number of ketones is 4. The number of halogens is 2. The van der Waals surface area contributed by atoms with Crippen LogP contribution < -0.4 is 0 Å². The highest BCUT2D eigenvalue weighted by Gasteiger charge is 2.62. The summed E-state index contributed by atoms with van der Waals surface area (Å²) in [7, 11) is 7.27. The summed E-state index contributed by atoms with van der Waals surface area (Å²) in [4.78, 5) is 104. The number of aromatic nitrogens is 1. The molecule has 4 saturated heterocycles. The molecule has 23 nitrogen and oxygen atoms in total. The molecule has 0 radical (unpaired) electrons. The van der Waals surface area contributed by atoms with Gasteiger partial charge in [-0.05, 0) is 159 Å². The smallest absolute Gasteiger partial charge is 0.458 e. The predicted octanol–water partition coefficient (Wildman–Crippen LogP) is 8.95. The number of pyridine rings is 1. The van der Waals surface area contributed by atoms with E-state index in [1.54, 1.807) is 46.0 Å². The van der Waals surface area contributed by atoms with Crippen molar-refractivity contribution in [1.29, 1.82) is 0 Å². The number of ether oxygens (including phenoxy) is 10. The van der Waals surface area contributed by atoms with Gasteiger partial charge in [0.05, 0.1) is 60.3 Å². The molecule has 0 spiro atoms. The number of carbonyl (C=O) groups is 7. The number of hydrogen-bond donors (Lipinski definition) is 3. The van der Waals surface area contributed by atoms with Gasteiger partial charge >= 0.3 is 18.1 Å². The van der Waals surface area contributed by atoms with E-state index in [0.717, 1.165) is 30.3 Å². The number of aliphatic hydroxyl groups is 3. The number of likely N-dealkylation sites (N-methyl/N-ethyl adjacent to an activating group) is 2. The summed E-state index contributed by atoms with van der Waals surface area (Å²) < 4.78 is 94.1. The molecular formula is C74H109F2N3O20. The number of nitrogens with zero attached hydrogens (tertiary/aromatic N) is 3. The van der Waals surface area contributed by atoms with Crippen LogP contribution in [0.3, 0.4) is 0 Å². The van der Waals surface area contributed by atoms with Crippen LogP contribution in [0.5, 0.6) is 0 Å². The molecule has 0 unspecified atom stereocenters. The molecule has 554 valence electrons. The van der Waals surface area contributed by atoms with E-state index in [-0.39, 0.29) is 55.9 Å². The number of allylic oxidation sites excluding steroid dienone is 1. The Balaban J connectivity index is 0.000000315. The minimum atomic E-state index is -2.62. The number of fused-ring (bicyclic) bond motifs is 2. The average Bonchev–Trinajstić information content (AvgIpc) is 1.74. The van der Waals surface area contributed by atoms with Gasteiger partial charge in [0.1, 0.15) is 41.9 Å². The zero-order valence-corrected chi connectivity index (χ0v) is 61.4. The number of carbonyl (C=O) groups excluding carboxylic acids is 7. The third-order valence-electron chi connectivity index (χ3n) is 20.4. The van der Waals surface area contributed by atoms with Crippen LogP contribution in [0.4, 0.5) is 13.6 Å². The molecule has 7 rings (SSSR count). The summed E-state index contributed by atoms with van der Waals surface area (Å²) in [5, 5.41) is 35.1. The molecule has 0 saturated carbocycles. The Labute approximate surface area is 581 Å². The number of alkyl halides is 2. The van der Waals surface area contributed by atoms with Crippen molar-refractivity contribution in [2.24, 2.45) is 29.6 Å². The van der Waals surface area contributed by atoms with Crippen molar-refractivity contribution >= 4 is 58.2 Å². The normalized spacial score (nSPS) is 40.9. The number of aliphatic hydroxyl groups excluding tert-OH is 2. The van der Waals surface area contributed by atoms with Gasteiger partial charge < -0.3 is 72.5 Å². The Morgan fingerprint density at radius 1 is 0.677 bits per heavy atom. The molecule has 5 aliphatic rings. The summed E-state index contributed by atoms with van der Waals surface area (Å²) in [5.41, 5.74) is -10.6. The van der Waals surface area contributed by atoms with Gasteiger partial charge in [0.15, 0.2) is 58.8 Å². The Morgan fingerprint density at radius 3 is 1.64 bits per heavy atom. The molecule has 2 aromatic rings. The molecular weight excluding hydrogens is 1290 g/mol. The van der Waals surface area contributed by atoms with Gasteiger partial charge in [0.25, 0.3) is 0 Å².